The van der Waals surface area contributed by atoms with Crippen LogP contribution in [0.15, 0.2) is 23.1 Å². The van der Waals surface area contributed by atoms with Crippen LogP contribution in [0, 0.1) is 6.92 Å². The first kappa shape index (κ1) is 9.26. The Balaban J connectivity index is 3.13. The second-order valence-corrected chi connectivity index (χ2v) is 4.37. The lowest BCUT2D eigenvalue weighted by molar-refractivity contribution is 0.683. The smallest absolute Gasteiger partial charge is 0.0530 e. The number of hydrogen-bond acceptors (Lipinski definition) is 2. The van der Waals surface area contributed by atoms with Gasteiger partial charge in [0.25, 0.3) is 0 Å². The van der Waals surface area contributed by atoms with Crippen molar-refractivity contribution in [3.05, 3.63) is 23.8 Å². The number of benzene rings is 1. The molecule has 0 aromatic heterocycles. The summed E-state index contributed by atoms with van der Waals surface area (Å²) in [5, 5.41) is 0. The Hall–Kier alpha value is -0.830. The van der Waals surface area contributed by atoms with Crippen LogP contribution in [0.4, 0.5) is 5.69 Å². The number of anilines is 1. The molecule has 0 saturated carbocycles. The molecule has 0 saturated heterocycles. The molecule has 1 unspecified atom stereocenters. The van der Waals surface area contributed by atoms with Crippen LogP contribution in [0.25, 0.3) is 0 Å². The lowest BCUT2D eigenvalue weighted by Gasteiger charge is -2.04. The van der Waals surface area contributed by atoms with Crippen LogP contribution >= 0.6 is 0 Å². The molecule has 0 heterocycles. The molecule has 0 amide bonds. The summed E-state index contributed by atoms with van der Waals surface area (Å²) in [6.45, 7) is 3.85. The van der Waals surface area contributed by atoms with Crippen molar-refractivity contribution in [2.45, 2.75) is 18.7 Å². The summed E-state index contributed by atoms with van der Waals surface area (Å²) < 4.78 is 11.4. The van der Waals surface area contributed by atoms with Gasteiger partial charge in [-0.25, -0.2) is 0 Å². The van der Waals surface area contributed by atoms with Crippen molar-refractivity contribution >= 4 is 16.5 Å². The van der Waals surface area contributed by atoms with E-state index >= 15 is 0 Å². The number of rotatable bonds is 2. The highest BCUT2D eigenvalue weighted by molar-refractivity contribution is 7.85. The van der Waals surface area contributed by atoms with Crippen molar-refractivity contribution in [1.82, 2.24) is 0 Å². The second-order valence-electron chi connectivity index (χ2n) is 2.66. The van der Waals surface area contributed by atoms with E-state index in [1.807, 2.05) is 26.0 Å². The normalized spacial score (nSPS) is 12.8. The molecule has 0 aliphatic rings. The van der Waals surface area contributed by atoms with Gasteiger partial charge in [0.1, 0.15) is 0 Å². The molecule has 1 aromatic carbocycles. The summed E-state index contributed by atoms with van der Waals surface area (Å²) in [6, 6.07) is 5.51. The third kappa shape index (κ3) is 1.85. The Bertz CT molecular complexity index is 309. The monoisotopic (exact) mass is 183 g/mol. The van der Waals surface area contributed by atoms with Gasteiger partial charge in [-0.15, -0.1) is 0 Å². The molecule has 0 aliphatic heterocycles. The van der Waals surface area contributed by atoms with E-state index in [0.29, 0.717) is 11.4 Å². The summed E-state index contributed by atoms with van der Waals surface area (Å²) in [5.74, 6) is 0.643. The zero-order valence-corrected chi connectivity index (χ0v) is 8.15. The number of hydrogen-bond donors (Lipinski definition) is 1. The molecule has 0 bridgehead atoms. The van der Waals surface area contributed by atoms with E-state index in [0.717, 1.165) is 10.5 Å². The largest absolute Gasteiger partial charge is 0.399 e. The van der Waals surface area contributed by atoms with Gasteiger partial charge in [-0.2, -0.15) is 0 Å². The van der Waals surface area contributed by atoms with E-state index in [1.54, 1.807) is 6.07 Å². The Kier molecular flexibility index (Phi) is 2.87. The van der Waals surface area contributed by atoms with E-state index in [1.165, 1.54) is 0 Å². The predicted octanol–water partition coefficient (Wildman–Crippen LogP) is 1.70. The van der Waals surface area contributed by atoms with Gasteiger partial charge in [0.15, 0.2) is 0 Å². The minimum absolute atomic E-state index is 0.643. The number of nitrogens with two attached hydrogens (primary N) is 1. The van der Waals surface area contributed by atoms with Crippen LogP contribution in [0.3, 0.4) is 0 Å². The fraction of sp³-hybridized carbons (Fsp3) is 0.333. The van der Waals surface area contributed by atoms with Crippen LogP contribution in [-0.4, -0.2) is 9.96 Å². The summed E-state index contributed by atoms with van der Waals surface area (Å²) in [5.41, 5.74) is 7.31. The van der Waals surface area contributed by atoms with Gasteiger partial charge in [0.05, 0.1) is 10.8 Å². The molecule has 1 atom stereocenters. The van der Waals surface area contributed by atoms with Crippen molar-refractivity contribution in [3.8, 4) is 0 Å². The Morgan fingerprint density at radius 3 is 2.75 bits per heavy atom. The van der Waals surface area contributed by atoms with Crippen LogP contribution in [0.2, 0.25) is 0 Å². The van der Waals surface area contributed by atoms with Gasteiger partial charge in [0.2, 0.25) is 0 Å². The van der Waals surface area contributed by atoms with Gasteiger partial charge in [-0.1, -0.05) is 13.0 Å². The molecule has 66 valence electrons. The van der Waals surface area contributed by atoms with Gasteiger partial charge in [-0.3, -0.25) is 4.21 Å². The maximum atomic E-state index is 11.4. The molecule has 3 heteroatoms. The molecule has 0 radical (unpaired) electrons. The molecule has 12 heavy (non-hydrogen) atoms. The fourth-order valence-corrected chi connectivity index (χ4v) is 2.02. The van der Waals surface area contributed by atoms with Crippen LogP contribution in [0.1, 0.15) is 12.5 Å². The minimum Gasteiger partial charge on any atom is -0.399 e. The third-order valence-corrected chi connectivity index (χ3v) is 3.17. The van der Waals surface area contributed by atoms with Gasteiger partial charge >= 0.3 is 0 Å². The van der Waals surface area contributed by atoms with Crippen LogP contribution in [0.5, 0.6) is 0 Å². The second kappa shape index (κ2) is 3.72. The highest BCUT2D eigenvalue weighted by Crippen LogP contribution is 2.16. The van der Waals surface area contributed by atoms with Gasteiger partial charge < -0.3 is 5.73 Å². The summed E-state index contributed by atoms with van der Waals surface area (Å²) in [4.78, 5) is 0.859. The van der Waals surface area contributed by atoms with E-state index in [-0.39, 0.29) is 0 Å². The molecule has 2 nitrogen and oxygen atoms in total. The molecule has 1 aromatic rings. The minimum atomic E-state index is -0.892. The molecular weight excluding hydrogens is 170 g/mol. The molecular formula is C9H13NOS. The average Bonchev–Trinajstić information content (AvgIpc) is 2.08. The lowest BCUT2D eigenvalue weighted by Crippen LogP contribution is -1.98. The van der Waals surface area contributed by atoms with Crippen molar-refractivity contribution in [3.63, 3.8) is 0 Å². The van der Waals surface area contributed by atoms with Gasteiger partial charge in [0, 0.05) is 16.3 Å². The molecule has 0 aliphatic carbocycles. The molecule has 0 spiro atoms. The van der Waals surface area contributed by atoms with Gasteiger partial charge in [-0.05, 0) is 24.6 Å². The van der Waals surface area contributed by atoms with Crippen LogP contribution < -0.4 is 5.73 Å². The standard InChI is InChI=1S/C9H13NOS/c1-3-12(11)9-6-8(10)5-4-7(9)2/h4-6H,3,10H2,1-2H3. The quantitative estimate of drug-likeness (QED) is 0.709. The predicted molar refractivity (Wildman–Crippen MR) is 52.5 cm³/mol. The average molecular weight is 183 g/mol. The van der Waals surface area contributed by atoms with Crippen molar-refractivity contribution in [2.75, 3.05) is 11.5 Å². The van der Waals surface area contributed by atoms with E-state index in [9.17, 15) is 4.21 Å². The molecule has 2 N–H and O–H groups in total. The fourth-order valence-electron chi connectivity index (χ4n) is 1.02. The van der Waals surface area contributed by atoms with Crippen molar-refractivity contribution in [2.24, 2.45) is 0 Å². The zero-order valence-electron chi connectivity index (χ0n) is 7.33. The Morgan fingerprint density at radius 1 is 1.50 bits per heavy atom. The zero-order chi connectivity index (χ0) is 9.14. The third-order valence-electron chi connectivity index (χ3n) is 1.72. The topological polar surface area (TPSA) is 43.1 Å². The first-order valence-electron chi connectivity index (χ1n) is 3.89. The van der Waals surface area contributed by atoms with Crippen LogP contribution in [-0.2, 0) is 10.8 Å². The number of nitrogen functional groups attached to an aromatic ring is 1. The summed E-state index contributed by atoms with van der Waals surface area (Å²) in [7, 11) is -0.892. The summed E-state index contributed by atoms with van der Waals surface area (Å²) >= 11 is 0. The maximum Gasteiger partial charge on any atom is 0.0530 e. The molecule has 1 rings (SSSR count). The SMILES string of the molecule is CCS(=O)c1cc(N)ccc1C. The highest BCUT2D eigenvalue weighted by Gasteiger charge is 2.04. The maximum absolute atomic E-state index is 11.4. The lowest BCUT2D eigenvalue weighted by atomic mass is 10.2. The Labute approximate surface area is 75.2 Å². The van der Waals surface area contributed by atoms with E-state index in [2.05, 4.69) is 0 Å². The van der Waals surface area contributed by atoms with Crippen molar-refractivity contribution in [1.29, 1.82) is 0 Å². The Morgan fingerprint density at radius 2 is 2.17 bits per heavy atom. The summed E-state index contributed by atoms with van der Waals surface area (Å²) in [6.07, 6.45) is 0. The highest BCUT2D eigenvalue weighted by atomic mass is 32.2. The first-order valence-corrected chi connectivity index (χ1v) is 5.21. The van der Waals surface area contributed by atoms with E-state index < -0.39 is 10.8 Å². The molecule has 0 fully saturated rings. The first-order chi connectivity index (χ1) is 5.65. The van der Waals surface area contributed by atoms with E-state index in [4.69, 9.17) is 5.73 Å². The number of aryl methyl sites for hydroxylation is 1. The van der Waals surface area contributed by atoms with Crippen molar-refractivity contribution < 1.29 is 4.21 Å².